The van der Waals surface area contributed by atoms with Gasteiger partial charge in [-0.2, -0.15) is 23.0 Å². The number of rotatable bonds is 6. The van der Waals surface area contributed by atoms with E-state index in [2.05, 4.69) is 10.4 Å². The highest BCUT2D eigenvalue weighted by molar-refractivity contribution is 6.32. The van der Waals surface area contributed by atoms with E-state index < -0.39 is 24.4 Å². The minimum atomic E-state index is -4.70. The average molecular weight is 460 g/mol. The lowest BCUT2D eigenvalue weighted by Gasteiger charge is -2.11. The van der Waals surface area contributed by atoms with E-state index in [1.165, 1.54) is 25.3 Å². The van der Waals surface area contributed by atoms with Crippen LogP contribution >= 0.6 is 23.2 Å². The van der Waals surface area contributed by atoms with Gasteiger partial charge in [0.2, 0.25) is 5.88 Å². The van der Waals surface area contributed by atoms with Gasteiger partial charge in [-0.3, -0.25) is 4.79 Å². The number of carbonyl (C=O) groups is 1. The van der Waals surface area contributed by atoms with Crippen molar-refractivity contribution in [3.63, 3.8) is 0 Å². The van der Waals surface area contributed by atoms with Gasteiger partial charge in [0.15, 0.2) is 12.3 Å². The number of ether oxygens (including phenoxy) is 2. The Morgan fingerprint density at radius 2 is 1.87 bits per heavy atom. The maximum absolute atomic E-state index is 13.1. The van der Waals surface area contributed by atoms with E-state index >= 15 is 0 Å². The Labute approximate surface area is 179 Å². The molecule has 0 aliphatic heterocycles. The predicted molar refractivity (Wildman–Crippen MR) is 106 cm³/mol. The molecule has 0 saturated carbocycles. The maximum Gasteiger partial charge on any atom is 0.435 e. The van der Waals surface area contributed by atoms with Crippen molar-refractivity contribution in [2.45, 2.75) is 6.18 Å². The van der Waals surface area contributed by atoms with Gasteiger partial charge in [0.1, 0.15) is 5.75 Å². The third-order valence-corrected chi connectivity index (χ3v) is 4.45. The summed E-state index contributed by atoms with van der Waals surface area (Å²) < 4.78 is 50.6. The molecule has 158 valence electrons. The van der Waals surface area contributed by atoms with Crippen LogP contribution in [-0.2, 0) is 11.0 Å². The summed E-state index contributed by atoms with van der Waals surface area (Å²) in [6.45, 7) is -0.572. The zero-order valence-electron chi connectivity index (χ0n) is 15.3. The van der Waals surface area contributed by atoms with E-state index in [4.69, 9.17) is 32.7 Å². The van der Waals surface area contributed by atoms with Crippen molar-refractivity contribution >= 4 is 34.8 Å². The molecule has 3 rings (SSSR count). The van der Waals surface area contributed by atoms with Crippen LogP contribution in [0.1, 0.15) is 5.69 Å². The Bertz CT molecular complexity index is 1070. The highest BCUT2D eigenvalue weighted by Crippen LogP contribution is 2.33. The number of alkyl halides is 3. The van der Waals surface area contributed by atoms with Crippen molar-refractivity contribution in [1.29, 1.82) is 0 Å². The fourth-order valence-corrected chi connectivity index (χ4v) is 2.96. The number of para-hydroxylation sites is 1. The van der Waals surface area contributed by atoms with Crippen molar-refractivity contribution < 1.29 is 27.4 Å². The van der Waals surface area contributed by atoms with Gasteiger partial charge in [0, 0.05) is 11.8 Å². The molecule has 1 amide bonds. The smallest absolute Gasteiger partial charge is 0.435 e. The van der Waals surface area contributed by atoms with Crippen LogP contribution in [0.3, 0.4) is 0 Å². The van der Waals surface area contributed by atoms with Crippen LogP contribution in [0.15, 0.2) is 48.5 Å². The first-order valence-corrected chi connectivity index (χ1v) is 9.13. The van der Waals surface area contributed by atoms with Crippen LogP contribution in [0, 0.1) is 0 Å². The number of hydrogen-bond donors (Lipinski definition) is 1. The normalized spacial score (nSPS) is 11.3. The first-order chi connectivity index (χ1) is 14.2. The summed E-state index contributed by atoms with van der Waals surface area (Å²) in [5.41, 5.74) is -0.642. The van der Waals surface area contributed by atoms with Crippen LogP contribution in [-0.4, -0.2) is 29.4 Å². The standard InChI is InChI=1S/C19H14Cl2F3N3O3/c1-29-15-7-6-11(8-13(15)21)25-17(28)10-30-18-9-16(19(22,23)24)26-27(18)14-5-3-2-4-12(14)20/h2-9H,10H2,1H3,(H,25,28). The summed E-state index contributed by atoms with van der Waals surface area (Å²) in [7, 11) is 1.45. The van der Waals surface area contributed by atoms with Gasteiger partial charge >= 0.3 is 6.18 Å². The maximum atomic E-state index is 13.1. The third-order valence-electron chi connectivity index (χ3n) is 3.83. The fourth-order valence-electron chi connectivity index (χ4n) is 2.48. The lowest BCUT2D eigenvalue weighted by atomic mass is 10.3. The lowest BCUT2D eigenvalue weighted by molar-refractivity contribution is -0.141. The summed E-state index contributed by atoms with van der Waals surface area (Å²) in [6.07, 6.45) is -4.70. The highest BCUT2D eigenvalue weighted by atomic mass is 35.5. The summed E-state index contributed by atoms with van der Waals surface area (Å²) in [5.74, 6) is -0.482. The summed E-state index contributed by atoms with van der Waals surface area (Å²) in [6, 6.07) is 11.4. The molecule has 0 aliphatic rings. The second kappa shape index (κ2) is 8.85. The molecule has 11 heteroatoms. The Kier molecular flexibility index (Phi) is 6.42. The molecule has 0 aliphatic carbocycles. The topological polar surface area (TPSA) is 65.4 Å². The Hall–Kier alpha value is -2.91. The molecule has 0 spiro atoms. The molecule has 1 heterocycles. The number of hydrogen-bond acceptors (Lipinski definition) is 4. The molecule has 1 N–H and O–H groups in total. The number of methoxy groups -OCH3 is 1. The zero-order chi connectivity index (χ0) is 21.9. The molecule has 0 radical (unpaired) electrons. The number of halogens is 5. The first kappa shape index (κ1) is 21.8. The van der Waals surface area contributed by atoms with E-state index in [0.717, 1.165) is 4.68 Å². The molecule has 30 heavy (non-hydrogen) atoms. The molecule has 6 nitrogen and oxygen atoms in total. The Balaban J connectivity index is 1.79. The van der Waals surface area contributed by atoms with Gasteiger partial charge < -0.3 is 14.8 Å². The molecule has 0 unspecified atom stereocenters. The quantitative estimate of drug-likeness (QED) is 0.548. The average Bonchev–Trinajstić information content (AvgIpc) is 3.11. The molecule has 1 aromatic heterocycles. The monoisotopic (exact) mass is 459 g/mol. The Morgan fingerprint density at radius 1 is 1.13 bits per heavy atom. The van der Waals surface area contributed by atoms with Crippen molar-refractivity contribution in [3.05, 3.63) is 64.3 Å². The van der Waals surface area contributed by atoms with Gasteiger partial charge in [-0.05, 0) is 30.3 Å². The van der Waals surface area contributed by atoms with E-state index in [-0.39, 0.29) is 21.6 Å². The molecule has 0 fully saturated rings. The second-order valence-corrected chi connectivity index (χ2v) is 6.73. The van der Waals surface area contributed by atoms with Crippen LogP contribution in [0.5, 0.6) is 11.6 Å². The Morgan fingerprint density at radius 3 is 2.50 bits per heavy atom. The van der Waals surface area contributed by atoms with E-state index in [1.54, 1.807) is 24.3 Å². The summed E-state index contributed by atoms with van der Waals surface area (Å²) in [5, 5.41) is 6.50. The van der Waals surface area contributed by atoms with Gasteiger partial charge in [-0.1, -0.05) is 35.3 Å². The fraction of sp³-hybridized carbons (Fsp3) is 0.158. The van der Waals surface area contributed by atoms with E-state index in [9.17, 15) is 18.0 Å². The largest absolute Gasteiger partial charge is 0.495 e. The third kappa shape index (κ3) is 4.98. The van der Waals surface area contributed by atoms with Crippen molar-refractivity contribution in [1.82, 2.24) is 9.78 Å². The number of amides is 1. The molecular formula is C19H14Cl2F3N3O3. The van der Waals surface area contributed by atoms with Crippen molar-refractivity contribution in [3.8, 4) is 17.3 Å². The zero-order valence-corrected chi connectivity index (χ0v) is 16.8. The molecule has 0 bridgehead atoms. The van der Waals surface area contributed by atoms with Crippen LogP contribution in [0.4, 0.5) is 18.9 Å². The molecular weight excluding hydrogens is 446 g/mol. The molecule has 0 saturated heterocycles. The predicted octanol–water partition coefficient (Wildman–Crippen LogP) is 5.22. The van der Waals surface area contributed by atoms with Crippen molar-refractivity contribution in [2.24, 2.45) is 0 Å². The number of anilines is 1. The van der Waals surface area contributed by atoms with E-state index in [0.29, 0.717) is 17.5 Å². The first-order valence-electron chi connectivity index (χ1n) is 8.37. The van der Waals surface area contributed by atoms with Crippen molar-refractivity contribution in [2.75, 3.05) is 19.0 Å². The second-order valence-electron chi connectivity index (χ2n) is 5.91. The van der Waals surface area contributed by atoms with Gasteiger partial charge in [-0.25, -0.2) is 0 Å². The summed E-state index contributed by atoms with van der Waals surface area (Å²) in [4.78, 5) is 12.2. The van der Waals surface area contributed by atoms with Gasteiger partial charge in [0.25, 0.3) is 5.91 Å². The van der Waals surface area contributed by atoms with Crippen LogP contribution < -0.4 is 14.8 Å². The SMILES string of the molecule is COc1ccc(NC(=O)COc2cc(C(F)(F)F)nn2-c2ccccc2Cl)cc1Cl. The van der Waals surface area contributed by atoms with Crippen LogP contribution in [0.2, 0.25) is 10.0 Å². The number of nitrogens with one attached hydrogen (secondary N) is 1. The molecule has 2 aromatic carbocycles. The lowest BCUT2D eigenvalue weighted by Crippen LogP contribution is -2.21. The number of carbonyl (C=O) groups excluding carboxylic acids is 1. The van der Waals surface area contributed by atoms with Crippen LogP contribution in [0.25, 0.3) is 5.69 Å². The molecule has 0 atom stereocenters. The highest BCUT2D eigenvalue weighted by Gasteiger charge is 2.36. The van der Waals surface area contributed by atoms with Gasteiger partial charge in [0.05, 0.1) is 22.8 Å². The van der Waals surface area contributed by atoms with E-state index in [1.807, 2.05) is 0 Å². The molecule has 3 aromatic rings. The summed E-state index contributed by atoms with van der Waals surface area (Å²) >= 11 is 12.1. The number of benzene rings is 2. The minimum absolute atomic E-state index is 0.163. The van der Waals surface area contributed by atoms with Gasteiger partial charge in [-0.15, -0.1) is 0 Å². The number of aromatic nitrogens is 2. The minimum Gasteiger partial charge on any atom is -0.495 e. The number of nitrogens with zero attached hydrogens (tertiary/aromatic N) is 2.